The first kappa shape index (κ1) is 33.5. The van der Waals surface area contributed by atoms with Gasteiger partial charge in [-0.2, -0.15) is 0 Å². The second kappa shape index (κ2) is 11.7. The van der Waals surface area contributed by atoms with Gasteiger partial charge in [-0.15, -0.1) is 0 Å². The summed E-state index contributed by atoms with van der Waals surface area (Å²) < 4.78 is 13.6. The molecule has 3 aliphatic carbocycles. The molecule has 0 amide bonds. The summed E-state index contributed by atoms with van der Waals surface area (Å²) in [6, 6.07) is 0. The van der Waals surface area contributed by atoms with E-state index in [1.54, 1.807) is 6.08 Å². The molecule has 0 aromatic heterocycles. The van der Waals surface area contributed by atoms with Crippen LogP contribution in [0.1, 0.15) is 103 Å². The molecule has 1 spiro atoms. The van der Waals surface area contributed by atoms with Gasteiger partial charge < -0.3 is 24.8 Å². The van der Waals surface area contributed by atoms with Crippen LogP contribution in [0.4, 0.5) is 0 Å². The number of carbonyl (C=O) groups excluding carboxylic acids is 2. The number of Topliss-reactive ketones (excluding diaryl/α,β-unsaturated/α-hetero) is 2. The van der Waals surface area contributed by atoms with Crippen LogP contribution in [-0.4, -0.2) is 49.7 Å². The second-order valence-corrected chi connectivity index (χ2v) is 14.4. The van der Waals surface area contributed by atoms with E-state index in [-0.39, 0.29) is 64.6 Å². The Hall–Kier alpha value is -3.91. The van der Waals surface area contributed by atoms with Crippen molar-refractivity contribution in [3.8, 4) is 17.2 Å². The summed E-state index contributed by atoms with van der Waals surface area (Å²) in [5.41, 5.74) is 0.0623. The summed E-state index contributed by atoms with van der Waals surface area (Å²) in [7, 11) is 0. The first-order chi connectivity index (χ1) is 21.5. The van der Waals surface area contributed by atoms with Gasteiger partial charge in [0.2, 0.25) is 0 Å². The Labute approximate surface area is 271 Å². The van der Waals surface area contributed by atoms with Crippen molar-refractivity contribution in [3.63, 3.8) is 0 Å². The smallest absolute Gasteiger partial charge is 0.330 e. The van der Waals surface area contributed by atoms with E-state index >= 15 is 0 Å². The highest BCUT2D eigenvalue weighted by Gasteiger charge is 2.81. The van der Waals surface area contributed by atoms with E-state index in [0.29, 0.717) is 12.0 Å². The van der Waals surface area contributed by atoms with E-state index in [0.717, 1.165) is 24.0 Å². The number of hydrogen-bond donors (Lipinski definition) is 3. The summed E-state index contributed by atoms with van der Waals surface area (Å²) in [4.78, 5) is 40.6. The summed E-state index contributed by atoms with van der Waals surface area (Å²) in [5, 5.41) is 33.0. The average Bonchev–Trinajstić information content (AvgIpc) is 3.12. The monoisotopic (exact) mass is 630 g/mol. The number of aliphatic carboxylic acids is 1. The summed E-state index contributed by atoms with van der Waals surface area (Å²) in [5.74, 6) is -3.33. The number of ketones is 2. The molecule has 1 aromatic rings. The molecule has 2 fully saturated rings. The number of carboxylic acids is 1. The zero-order chi connectivity index (χ0) is 33.9. The van der Waals surface area contributed by atoms with Crippen molar-refractivity contribution in [2.45, 2.75) is 111 Å². The maximum atomic E-state index is 14.7. The number of benzene rings is 1. The zero-order valence-corrected chi connectivity index (χ0v) is 28.2. The normalized spacial score (nSPS) is 27.4. The quantitative estimate of drug-likeness (QED) is 0.182. The molecule has 1 aromatic carbocycles. The van der Waals surface area contributed by atoms with Gasteiger partial charge in [0.1, 0.15) is 22.8 Å². The number of phenolic OH excluding ortho intramolecular Hbond substituents is 2. The summed E-state index contributed by atoms with van der Waals surface area (Å²) in [6.07, 6.45) is 11.6. The number of fused-ring (bicyclic) bond motifs is 1. The number of ether oxygens (including phenoxy) is 2. The molecule has 8 nitrogen and oxygen atoms in total. The number of carbonyl (C=O) groups is 3. The molecule has 5 aliphatic rings. The first-order valence-corrected chi connectivity index (χ1v) is 16.1. The molecule has 2 aliphatic heterocycles. The minimum atomic E-state index is -1.67. The summed E-state index contributed by atoms with van der Waals surface area (Å²) >= 11 is 0. The van der Waals surface area contributed by atoms with Crippen LogP contribution in [-0.2, 0) is 27.2 Å². The van der Waals surface area contributed by atoms with Crippen molar-refractivity contribution in [2.75, 3.05) is 0 Å². The predicted octanol–water partition coefficient (Wildman–Crippen LogP) is 7.27. The van der Waals surface area contributed by atoms with Gasteiger partial charge in [-0.05, 0) is 87.5 Å². The average molecular weight is 631 g/mol. The highest BCUT2D eigenvalue weighted by molar-refractivity contribution is 6.18. The number of rotatable bonds is 10. The first-order valence-electron chi connectivity index (χ1n) is 16.1. The van der Waals surface area contributed by atoms with Gasteiger partial charge in [0, 0.05) is 40.5 Å². The minimum absolute atomic E-state index is 0.0259. The van der Waals surface area contributed by atoms with Crippen molar-refractivity contribution >= 4 is 17.5 Å². The molecule has 6 rings (SSSR count). The molecule has 1 saturated heterocycles. The van der Waals surface area contributed by atoms with Crippen LogP contribution in [0.15, 0.2) is 58.2 Å². The molecular formula is C38H46O8. The van der Waals surface area contributed by atoms with Crippen LogP contribution in [0.2, 0.25) is 0 Å². The lowest BCUT2D eigenvalue weighted by Gasteiger charge is -2.56. The molecule has 0 radical (unpaired) electrons. The van der Waals surface area contributed by atoms with Crippen LogP contribution >= 0.6 is 0 Å². The molecular weight excluding hydrogens is 584 g/mol. The fourth-order valence-electron chi connectivity index (χ4n) is 7.80. The van der Waals surface area contributed by atoms with Gasteiger partial charge >= 0.3 is 5.97 Å². The van der Waals surface area contributed by atoms with Crippen molar-refractivity contribution < 1.29 is 39.2 Å². The third-order valence-corrected chi connectivity index (χ3v) is 10.2. The van der Waals surface area contributed by atoms with Crippen LogP contribution < -0.4 is 4.74 Å². The number of hydrogen-bond acceptors (Lipinski definition) is 7. The molecule has 4 atom stereocenters. The predicted molar refractivity (Wildman–Crippen MR) is 175 cm³/mol. The lowest BCUT2D eigenvalue weighted by molar-refractivity contribution is -0.171. The van der Waals surface area contributed by atoms with E-state index in [1.807, 2.05) is 46.8 Å². The maximum Gasteiger partial charge on any atom is 0.330 e. The van der Waals surface area contributed by atoms with Gasteiger partial charge in [-0.25, -0.2) is 4.79 Å². The van der Waals surface area contributed by atoms with Crippen LogP contribution in [0.25, 0.3) is 0 Å². The second-order valence-electron chi connectivity index (χ2n) is 14.4. The van der Waals surface area contributed by atoms with Gasteiger partial charge in [0.15, 0.2) is 22.8 Å². The number of phenols is 2. The molecule has 3 N–H and O–H groups in total. The lowest BCUT2D eigenvalue weighted by atomic mass is 9.51. The maximum absolute atomic E-state index is 14.7. The van der Waals surface area contributed by atoms with Gasteiger partial charge in [0.05, 0.1) is 5.60 Å². The number of allylic oxidation sites excluding steroid dienone is 7. The Kier molecular flexibility index (Phi) is 8.52. The minimum Gasteiger partial charge on any atom is -0.507 e. The van der Waals surface area contributed by atoms with Crippen molar-refractivity contribution in [3.05, 3.63) is 74.9 Å². The molecule has 8 heteroatoms. The standard InChI is InChI=1S/C38H46O8/c1-20(2)10-9-11-22(5)13-15-25-30(39)26(14-12-21(3)4)33-29(31(25)40)32(41)27-18-24-19-28-36(7,8)46-37(34(24)42,38(27,28)45-33)17-16-23(6)35(43)44/h10,12-13,16,18,24,28,39-40H,9,11,14-15,17,19H2,1-8H3,(H,43,44)/b22-13+,23-16-/t24-,28+,37+,38+/m1/s1. The van der Waals surface area contributed by atoms with E-state index in [9.17, 15) is 29.7 Å². The molecule has 246 valence electrons. The van der Waals surface area contributed by atoms with Gasteiger partial charge in [0.25, 0.3) is 0 Å². The Morgan fingerprint density at radius 3 is 2.22 bits per heavy atom. The molecule has 4 bridgehead atoms. The zero-order valence-electron chi connectivity index (χ0n) is 28.2. The lowest BCUT2D eigenvalue weighted by Crippen LogP contribution is -2.72. The van der Waals surface area contributed by atoms with Crippen LogP contribution in [0.3, 0.4) is 0 Å². The Morgan fingerprint density at radius 1 is 0.935 bits per heavy atom. The van der Waals surface area contributed by atoms with E-state index in [2.05, 4.69) is 19.9 Å². The highest BCUT2D eigenvalue weighted by Crippen LogP contribution is 2.68. The molecule has 1 saturated carbocycles. The van der Waals surface area contributed by atoms with Crippen LogP contribution in [0, 0.1) is 11.8 Å². The summed E-state index contributed by atoms with van der Waals surface area (Å²) in [6.45, 7) is 15.2. The molecule has 0 unspecified atom stereocenters. The van der Waals surface area contributed by atoms with Crippen molar-refractivity contribution in [1.82, 2.24) is 0 Å². The van der Waals surface area contributed by atoms with Gasteiger partial charge in [-0.3, -0.25) is 9.59 Å². The third-order valence-electron chi connectivity index (χ3n) is 10.2. The number of carboxylic acid groups (broad SMARTS) is 1. The number of aromatic hydroxyl groups is 2. The van der Waals surface area contributed by atoms with E-state index < -0.39 is 40.4 Å². The van der Waals surface area contributed by atoms with E-state index in [1.165, 1.54) is 18.6 Å². The van der Waals surface area contributed by atoms with Crippen molar-refractivity contribution in [2.24, 2.45) is 11.8 Å². The van der Waals surface area contributed by atoms with Crippen LogP contribution in [0.5, 0.6) is 17.2 Å². The Morgan fingerprint density at radius 2 is 1.59 bits per heavy atom. The highest BCUT2D eigenvalue weighted by atomic mass is 16.6. The van der Waals surface area contributed by atoms with Crippen molar-refractivity contribution in [1.29, 1.82) is 0 Å². The molecule has 2 heterocycles. The Bertz CT molecular complexity index is 1670. The van der Waals surface area contributed by atoms with Gasteiger partial charge in [-0.1, -0.05) is 47.1 Å². The fourth-order valence-corrected chi connectivity index (χ4v) is 7.80. The largest absolute Gasteiger partial charge is 0.507 e. The third kappa shape index (κ3) is 5.05. The fraction of sp³-hybridized carbons (Fsp3) is 0.500. The topological polar surface area (TPSA) is 130 Å². The Balaban J connectivity index is 1.71. The SMILES string of the molecule is CC(C)=CCC/C(C)=C/Cc1c(O)c(CC=C(C)C)c2c(c1O)C(=O)C1=C[C@@H]3C[C@H]4C(C)(C)O[C@@](C/C=C(/C)C(=O)O)(C3=O)[C@]14O2. The van der Waals surface area contributed by atoms with E-state index in [4.69, 9.17) is 9.47 Å². The molecule has 46 heavy (non-hydrogen) atoms.